The highest BCUT2D eigenvalue weighted by molar-refractivity contribution is 5.42. The summed E-state index contributed by atoms with van der Waals surface area (Å²) in [5.41, 5.74) is 1.86. The van der Waals surface area contributed by atoms with Crippen LogP contribution in [0.15, 0.2) is 48.5 Å². The summed E-state index contributed by atoms with van der Waals surface area (Å²) in [5.74, 6) is 1.18. The van der Waals surface area contributed by atoms with Gasteiger partial charge in [-0.1, -0.05) is 36.4 Å². The van der Waals surface area contributed by atoms with E-state index in [9.17, 15) is 0 Å². The molecule has 0 saturated heterocycles. The van der Waals surface area contributed by atoms with E-state index in [1.54, 1.807) is 25.3 Å². The van der Waals surface area contributed by atoms with Crippen LogP contribution in [-0.2, 0) is 18.0 Å². The Morgan fingerprint density at radius 1 is 0.950 bits per heavy atom. The van der Waals surface area contributed by atoms with Crippen molar-refractivity contribution in [2.24, 2.45) is 0 Å². The maximum absolute atomic E-state index is 9.12. The van der Waals surface area contributed by atoms with Gasteiger partial charge in [-0.25, -0.2) is 0 Å². The Hall–Kier alpha value is -2.04. The van der Waals surface area contributed by atoms with E-state index in [1.165, 1.54) is 0 Å². The first-order valence-corrected chi connectivity index (χ1v) is 6.35. The lowest BCUT2D eigenvalue weighted by atomic mass is 10.2. The lowest BCUT2D eigenvalue weighted by Crippen LogP contribution is -2.04. The molecule has 0 fully saturated rings. The Kier molecular flexibility index (Phi) is 5.41. The Morgan fingerprint density at radius 2 is 1.75 bits per heavy atom. The summed E-state index contributed by atoms with van der Waals surface area (Å²) in [6.07, 6.45) is 0. The SMILES string of the molecule is COc1ccc(CO)cc1OCOCc1ccccc1. The highest BCUT2D eigenvalue weighted by atomic mass is 16.7. The summed E-state index contributed by atoms with van der Waals surface area (Å²) in [7, 11) is 1.58. The average molecular weight is 274 g/mol. The topological polar surface area (TPSA) is 47.9 Å². The standard InChI is InChI=1S/C16H18O4/c1-18-15-8-7-14(10-17)9-16(15)20-12-19-11-13-5-3-2-4-6-13/h2-9,17H,10-12H2,1H3. The second kappa shape index (κ2) is 7.53. The van der Waals surface area contributed by atoms with E-state index in [0.717, 1.165) is 11.1 Å². The molecule has 0 spiro atoms. The molecule has 0 bridgehead atoms. The fourth-order valence-corrected chi connectivity index (χ4v) is 1.77. The molecule has 0 amide bonds. The van der Waals surface area contributed by atoms with Crippen molar-refractivity contribution in [1.29, 1.82) is 0 Å². The van der Waals surface area contributed by atoms with Gasteiger partial charge in [0.05, 0.1) is 20.3 Å². The van der Waals surface area contributed by atoms with Gasteiger partial charge in [-0.15, -0.1) is 0 Å². The number of hydrogen-bond acceptors (Lipinski definition) is 4. The largest absolute Gasteiger partial charge is 0.493 e. The lowest BCUT2D eigenvalue weighted by molar-refractivity contribution is 0.00367. The molecule has 2 aromatic rings. The van der Waals surface area contributed by atoms with E-state index in [1.807, 2.05) is 30.3 Å². The summed E-state index contributed by atoms with van der Waals surface area (Å²) in [4.78, 5) is 0. The third kappa shape index (κ3) is 3.98. The zero-order valence-electron chi connectivity index (χ0n) is 11.4. The predicted octanol–water partition coefficient (Wildman–Crippen LogP) is 2.74. The van der Waals surface area contributed by atoms with Crippen LogP contribution in [0.4, 0.5) is 0 Å². The second-order valence-electron chi connectivity index (χ2n) is 4.24. The molecule has 0 atom stereocenters. The van der Waals surface area contributed by atoms with E-state index < -0.39 is 0 Å². The number of aliphatic hydroxyl groups is 1. The van der Waals surface area contributed by atoms with Gasteiger partial charge in [0.15, 0.2) is 18.3 Å². The minimum Gasteiger partial charge on any atom is -0.493 e. The zero-order chi connectivity index (χ0) is 14.2. The number of hydrogen-bond donors (Lipinski definition) is 1. The first-order valence-electron chi connectivity index (χ1n) is 6.35. The van der Waals surface area contributed by atoms with Gasteiger partial charge in [0.1, 0.15) is 0 Å². The van der Waals surface area contributed by atoms with E-state index in [2.05, 4.69) is 0 Å². The summed E-state index contributed by atoms with van der Waals surface area (Å²) in [6.45, 7) is 0.578. The number of rotatable bonds is 7. The van der Waals surface area contributed by atoms with Crippen LogP contribution < -0.4 is 9.47 Å². The van der Waals surface area contributed by atoms with Crippen molar-refractivity contribution in [3.63, 3.8) is 0 Å². The molecular formula is C16H18O4. The summed E-state index contributed by atoms with van der Waals surface area (Å²) in [6, 6.07) is 15.2. The fraction of sp³-hybridized carbons (Fsp3) is 0.250. The van der Waals surface area contributed by atoms with Crippen LogP contribution in [0.2, 0.25) is 0 Å². The van der Waals surface area contributed by atoms with Crippen molar-refractivity contribution >= 4 is 0 Å². The molecule has 0 aliphatic rings. The highest BCUT2D eigenvalue weighted by Crippen LogP contribution is 2.28. The van der Waals surface area contributed by atoms with Crippen molar-refractivity contribution in [3.05, 3.63) is 59.7 Å². The number of benzene rings is 2. The quantitative estimate of drug-likeness (QED) is 0.623. The predicted molar refractivity (Wildman–Crippen MR) is 75.6 cm³/mol. The molecular weight excluding hydrogens is 256 g/mol. The smallest absolute Gasteiger partial charge is 0.189 e. The van der Waals surface area contributed by atoms with Crippen LogP contribution in [0.1, 0.15) is 11.1 Å². The van der Waals surface area contributed by atoms with Crippen LogP contribution in [0, 0.1) is 0 Å². The molecule has 106 valence electrons. The van der Waals surface area contributed by atoms with Crippen molar-refractivity contribution in [3.8, 4) is 11.5 Å². The van der Waals surface area contributed by atoms with Gasteiger partial charge in [-0.3, -0.25) is 0 Å². The molecule has 0 aliphatic heterocycles. The summed E-state index contributed by atoms with van der Waals surface area (Å²) in [5, 5.41) is 9.12. The molecule has 0 aliphatic carbocycles. The molecule has 4 nitrogen and oxygen atoms in total. The minimum absolute atomic E-state index is 0.0365. The lowest BCUT2D eigenvalue weighted by Gasteiger charge is -2.12. The molecule has 0 heterocycles. The second-order valence-corrected chi connectivity index (χ2v) is 4.24. The van der Waals surface area contributed by atoms with E-state index in [0.29, 0.717) is 18.1 Å². The van der Waals surface area contributed by atoms with Crippen LogP contribution in [0.25, 0.3) is 0 Å². The van der Waals surface area contributed by atoms with Gasteiger partial charge >= 0.3 is 0 Å². The summed E-state index contributed by atoms with van der Waals surface area (Å²) >= 11 is 0. The fourth-order valence-electron chi connectivity index (χ4n) is 1.77. The average Bonchev–Trinajstić information content (AvgIpc) is 2.52. The highest BCUT2D eigenvalue weighted by Gasteiger charge is 2.05. The third-order valence-corrected chi connectivity index (χ3v) is 2.82. The first kappa shape index (κ1) is 14.4. The maximum atomic E-state index is 9.12. The first-order chi connectivity index (χ1) is 9.83. The van der Waals surface area contributed by atoms with Gasteiger partial charge in [-0.05, 0) is 23.3 Å². The van der Waals surface area contributed by atoms with Gasteiger partial charge < -0.3 is 19.3 Å². The van der Waals surface area contributed by atoms with Crippen molar-refractivity contribution in [2.75, 3.05) is 13.9 Å². The molecule has 20 heavy (non-hydrogen) atoms. The Labute approximate surface area is 118 Å². The Morgan fingerprint density at radius 3 is 2.45 bits per heavy atom. The number of aliphatic hydroxyl groups excluding tert-OH is 1. The minimum atomic E-state index is -0.0365. The molecule has 0 unspecified atom stereocenters. The molecule has 2 aromatic carbocycles. The van der Waals surface area contributed by atoms with Crippen molar-refractivity contribution in [1.82, 2.24) is 0 Å². The third-order valence-electron chi connectivity index (χ3n) is 2.82. The zero-order valence-corrected chi connectivity index (χ0v) is 11.4. The van der Waals surface area contributed by atoms with Gasteiger partial charge in [0.25, 0.3) is 0 Å². The van der Waals surface area contributed by atoms with E-state index >= 15 is 0 Å². The van der Waals surface area contributed by atoms with Gasteiger partial charge in [0.2, 0.25) is 0 Å². The molecule has 0 radical (unpaired) electrons. The Balaban J connectivity index is 1.87. The normalized spacial score (nSPS) is 10.3. The number of ether oxygens (including phenoxy) is 3. The van der Waals surface area contributed by atoms with Crippen LogP contribution >= 0.6 is 0 Å². The maximum Gasteiger partial charge on any atom is 0.189 e. The van der Waals surface area contributed by atoms with Crippen LogP contribution in [0.5, 0.6) is 11.5 Å². The van der Waals surface area contributed by atoms with E-state index in [4.69, 9.17) is 19.3 Å². The van der Waals surface area contributed by atoms with Gasteiger partial charge in [-0.2, -0.15) is 0 Å². The monoisotopic (exact) mass is 274 g/mol. The molecule has 2 rings (SSSR count). The molecule has 0 aromatic heterocycles. The Bertz CT molecular complexity index is 525. The van der Waals surface area contributed by atoms with Crippen LogP contribution in [0.3, 0.4) is 0 Å². The van der Waals surface area contributed by atoms with Gasteiger partial charge in [0, 0.05) is 0 Å². The number of methoxy groups -OCH3 is 1. The molecule has 0 saturated carbocycles. The summed E-state index contributed by atoms with van der Waals surface area (Å²) < 4.78 is 16.2. The molecule has 4 heteroatoms. The molecule has 1 N–H and O–H groups in total. The van der Waals surface area contributed by atoms with Crippen LogP contribution in [-0.4, -0.2) is 19.0 Å². The van der Waals surface area contributed by atoms with E-state index in [-0.39, 0.29) is 13.4 Å². The van der Waals surface area contributed by atoms with Crippen molar-refractivity contribution in [2.45, 2.75) is 13.2 Å². The van der Waals surface area contributed by atoms with Crippen molar-refractivity contribution < 1.29 is 19.3 Å².